The van der Waals surface area contributed by atoms with Crippen molar-refractivity contribution in [3.8, 4) is 0 Å². The van der Waals surface area contributed by atoms with Crippen molar-refractivity contribution in [2.24, 2.45) is 0 Å². The number of pyridine rings is 1. The van der Waals surface area contributed by atoms with Crippen LogP contribution in [-0.4, -0.2) is 27.2 Å². The molecule has 0 aliphatic rings. The van der Waals surface area contributed by atoms with Crippen LogP contribution < -0.4 is 11.1 Å². The molecule has 0 saturated carbocycles. The number of hydrogen-bond donors (Lipinski definition) is 2. The molecule has 0 atom stereocenters. The molecule has 2 aromatic rings. The molecule has 0 saturated heterocycles. The molecule has 0 fully saturated rings. The number of hydrogen-bond acceptors (Lipinski definition) is 4. The Morgan fingerprint density at radius 3 is 3.00 bits per heavy atom. The zero-order valence-electron chi connectivity index (χ0n) is 10.1. The second-order valence-corrected chi connectivity index (χ2v) is 4.00. The van der Waals surface area contributed by atoms with Gasteiger partial charge in [-0.3, -0.25) is 14.5 Å². The maximum Gasteiger partial charge on any atom is 0.255 e. The van der Waals surface area contributed by atoms with Gasteiger partial charge in [-0.1, -0.05) is 0 Å². The van der Waals surface area contributed by atoms with Crippen LogP contribution in [0.2, 0.25) is 0 Å². The number of rotatable bonds is 4. The number of nitrogen functional groups attached to an aromatic ring is 1. The van der Waals surface area contributed by atoms with Crippen molar-refractivity contribution >= 4 is 11.6 Å². The van der Waals surface area contributed by atoms with Gasteiger partial charge < -0.3 is 11.1 Å². The lowest BCUT2D eigenvalue weighted by Crippen LogP contribution is -2.28. The van der Waals surface area contributed by atoms with Gasteiger partial charge in [-0.05, 0) is 18.6 Å². The molecule has 0 unspecified atom stereocenters. The van der Waals surface area contributed by atoms with E-state index in [4.69, 9.17) is 5.73 Å². The molecule has 2 rings (SSSR count). The number of nitrogens with two attached hydrogens (primary N) is 1. The molecular formula is C12H15N5O. The van der Waals surface area contributed by atoms with E-state index in [1.165, 1.54) is 6.20 Å². The highest BCUT2D eigenvalue weighted by atomic mass is 16.1. The zero-order chi connectivity index (χ0) is 13.0. The Morgan fingerprint density at radius 1 is 1.50 bits per heavy atom. The summed E-state index contributed by atoms with van der Waals surface area (Å²) in [7, 11) is 0. The predicted octanol–water partition coefficient (Wildman–Crippen LogP) is 0.599. The van der Waals surface area contributed by atoms with E-state index in [0.717, 1.165) is 5.56 Å². The fourth-order valence-corrected chi connectivity index (χ4v) is 1.56. The van der Waals surface area contributed by atoms with Gasteiger partial charge in [0.1, 0.15) is 0 Å². The normalized spacial score (nSPS) is 10.3. The lowest BCUT2D eigenvalue weighted by molar-refractivity contribution is 0.0952. The van der Waals surface area contributed by atoms with Crippen LogP contribution in [0.1, 0.15) is 15.9 Å². The van der Waals surface area contributed by atoms with Crippen molar-refractivity contribution in [1.82, 2.24) is 20.1 Å². The average molecular weight is 245 g/mol. The third-order valence-corrected chi connectivity index (χ3v) is 2.49. The van der Waals surface area contributed by atoms with Gasteiger partial charge in [0.15, 0.2) is 0 Å². The summed E-state index contributed by atoms with van der Waals surface area (Å²) in [6.07, 6.45) is 6.72. The Labute approximate surface area is 105 Å². The number of carbonyl (C=O) groups excluding carboxylic acids is 1. The van der Waals surface area contributed by atoms with Crippen LogP contribution in [0, 0.1) is 6.92 Å². The summed E-state index contributed by atoms with van der Waals surface area (Å²) in [5.41, 5.74) is 7.61. The van der Waals surface area contributed by atoms with E-state index < -0.39 is 0 Å². The molecule has 0 aliphatic carbocycles. The van der Waals surface area contributed by atoms with Gasteiger partial charge in [-0.25, -0.2) is 0 Å². The molecule has 6 nitrogen and oxygen atoms in total. The van der Waals surface area contributed by atoms with E-state index in [1.807, 2.05) is 13.1 Å². The molecule has 94 valence electrons. The summed E-state index contributed by atoms with van der Waals surface area (Å²) in [6.45, 7) is 3.09. The van der Waals surface area contributed by atoms with Gasteiger partial charge in [0.05, 0.1) is 18.3 Å². The van der Waals surface area contributed by atoms with E-state index in [1.54, 1.807) is 23.1 Å². The molecule has 6 heteroatoms. The van der Waals surface area contributed by atoms with Crippen molar-refractivity contribution in [2.75, 3.05) is 12.3 Å². The maximum atomic E-state index is 11.8. The molecule has 1 amide bonds. The van der Waals surface area contributed by atoms with E-state index >= 15 is 0 Å². The van der Waals surface area contributed by atoms with Gasteiger partial charge in [-0.15, -0.1) is 0 Å². The number of aryl methyl sites for hydroxylation is 1. The summed E-state index contributed by atoms with van der Waals surface area (Å²) >= 11 is 0. The molecule has 0 bridgehead atoms. The monoisotopic (exact) mass is 245 g/mol. The van der Waals surface area contributed by atoms with Crippen molar-refractivity contribution in [1.29, 1.82) is 0 Å². The first kappa shape index (κ1) is 12.1. The average Bonchev–Trinajstić information content (AvgIpc) is 2.75. The van der Waals surface area contributed by atoms with E-state index in [2.05, 4.69) is 15.4 Å². The number of carbonyl (C=O) groups is 1. The van der Waals surface area contributed by atoms with Crippen molar-refractivity contribution in [2.45, 2.75) is 13.5 Å². The van der Waals surface area contributed by atoms with Gasteiger partial charge in [0, 0.05) is 30.8 Å². The largest absolute Gasteiger partial charge is 0.398 e. The van der Waals surface area contributed by atoms with E-state index in [-0.39, 0.29) is 5.91 Å². The van der Waals surface area contributed by atoms with Crippen molar-refractivity contribution in [3.05, 3.63) is 42.0 Å². The molecule has 18 heavy (non-hydrogen) atoms. The van der Waals surface area contributed by atoms with Crippen molar-refractivity contribution in [3.63, 3.8) is 0 Å². The van der Waals surface area contributed by atoms with Crippen molar-refractivity contribution < 1.29 is 4.79 Å². The molecule has 0 aromatic carbocycles. The number of anilines is 1. The summed E-state index contributed by atoms with van der Waals surface area (Å²) in [6, 6.07) is 1.60. The smallest absolute Gasteiger partial charge is 0.255 e. The minimum absolute atomic E-state index is 0.218. The predicted molar refractivity (Wildman–Crippen MR) is 67.9 cm³/mol. The van der Waals surface area contributed by atoms with Gasteiger partial charge >= 0.3 is 0 Å². The Morgan fingerprint density at radius 2 is 2.33 bits per heavy atom. The molecule has 3 N–H and O–H groups in total. The van der Waals surface area contributed by atoms with Crippen LogP contribution in [0.5, 0.6) is 0 Å². The third kappa shape index (κ3) is 2.85. The number of aromatic nitrogens is 3. The Bertz CT molecular complexity index is 549. The van der Waals surface area contributed by atoms with Crippen LogP contribution in [-0.2, 0) is 6.54 Å². The molecule has 2 heterocycles. The summed E-state index contributed by atoms with van der Waals surface area (Å²) in [5.74, 6) is -0.218. The zero-order valence-corrected chi connectivity index (χ0v) is 10.1. The highest BCUT2D eigenvalue weighted by Gasteiger charge is 2.08. The standard InChI is InChI=1S/C12H15N5O/c1-9-6-16-17(8-9)5-4-15-12(18)10-7-14-3-2-11(10)13/h2-3,6-8H,4-5H2,1H3,(H2,13,14)(H,15,18). The molecule has 0 spiro atoms. The van der Waals surface area contributed by atoms with Crippen LogP contribution in [0.15, 0.2) is 30.9 Å². The molecule has 0 aliphatic heterocycles. The quantitative estimate of drug-likeness (QED) is 0.825. The van der Waals surface area contributed by atoms with Crippen LogP contribution in [0.4, 0.5) is 5.69 Å². The van der Waals surface area contributed by atoms with E-state index in [9.17, 15) is 4.79 Å². The lowest BCUT2D eigenvalue weighted by atomic mass is 10.2. The first-order chi connectivity index (χ1) is 8.66. The van der Waals surface area contributed by atoms with E-state index in [0.29, 0.717) is 24.3 Å². The maximum absolute atomic E-state index is 11.8. The highest BCUT2D eigenvalue weighted by molar-refractivity contribution is 5.98. The second-order valence-electron chi connectivity index (χ2n) is 4.00. The third-order valence-electron chi connectivity index (χ3n) is 2.49. The van der Waals surface area contributed by atoms with Crippen LogP contribution >= 0.6 is 0 Å². The fraction of sp³-hybridized carbons (Fsp3) is 0.250. The van der Waals surface area contributed by atoms with Gasteiger partial charge in [0.25, 0.3) is 5.91 Å². The number of amides is 1. The van der Waals surface area contributed by atoms with Gasteiger partial charge in [0.2, 0.25) is 0 Å². The topological polar surface area (TPSA) is 85.8 Å². The number of nitrogens with one attached hydrogen (secondary N) is 1. The first-order valence-corrected chi connectivity index (χ1v) is 5.63. The second kappa shape index (κ2) is 5.31. The van der Waals surface area contributed by atoms with Crippen LogP contribution in [0.3, 0.4) is 0 Å². The minimum atomic E-state index is -0.218. The summed E-state index contributed by atoms with van der Waals surface area (Å²) in [5, 5.41) is 6.91. The SMILES string of the molecule is Cc1cnn(CCNC(=O)c2cnccc2N)c1. The molecule has 2 aromatic heterocycles. The fourth-order valence-electron chi connectivity index (χ4n) is 1.56. The molecular weight excluding hydrogens is 230 g/mol. The summed E-state index contributed by atoms with van der Waals surface area (Å²) < 4.78 is 1.78. The number of nitrogens with zero attached hydrogens (tertiary/aromatic N) is 3. The summed E-state index contributed by atoms with van der Waals surface area (Å²) in [4.78, 5) is 15.7. The Hall–Kier alpha value is -2.37. The minimum Gasteiger partial charge on any atom is -0.398 e. The molecule has 0 radical (unpaired) electrons. The van der Waals surface area contributed by atoms with Crippen LogP contribution in [0.25, 0.3) is 0 Å². The van der Waals surface area contributed by atoms with Gasteiger partial charge in [-0.2, -0.15) is 5.10 Å². The lowest BCUT2D eigenvalue weighted by Gasteiger charge is -2.06. The Balaban J connectivity index is 1.87. The Kier molecular flexibility index (Phi) is 3.57. The first-order valence-electron chi connectivity index (χ1n) is 5.63. The highest BCUT2D eigenvalue weighted by Crippen LogP contribution is 2.07.